The molecule has 7 nitrogen and oxygen atoms in total. The number of aromatic nitrogens is 3. The predicted molar refractivity (Wildman–Crippen MR) is 137 cm³/mol. The number of thiophene rings is 1. The normalized spacial score (nSPS) is 20.9. The Hall–Kier alpha value is -3.01. The van der Waals surface area contributed by atoms with Crippen LogP contribution in [0.25, 0.3) is 32.5 Å². The highest BCUT2D eigenvalue weighted by atomic mass is 32.1. The second-order valence-corrected chi connectivity index (χ2v) is 10.7. The van der Waals surface area contributed by atoms with E-state index in [0.29, 0.717) is 25.1 Å². The Morgan fingerprint density at radius 2 is 2.03 bits per heavy atom. The zero-order valence-corrected chi connectivity index (χ0v) is 20.2. The number of halogens is 1. The van der Waals surface area contributed by atoms with Gasteiger partial charge in [-0.25, -0.2) is 14.4 Å². The molecule has 2 fully saturated rings. The van der Waals surface area contributed by atoms with Crippen molar-refractivity contribution in [2.45, 2.75) is 19.0 Å². The first-order chi connectivity index (χ1) is 17.2. The van der Waals surface area contributed by atoms with E-state index in [2.05, 4.69) is 38.0 Å². The van der Waals surface area contributed by atoms with Gasteiger partial charge >= 0.3 is 0 Å². The lowest BCUT2D eigenvalue weighted by molar-refractivity contribution is 0.118. The van der Waals surface area contributed by atoms with Crippen LogP contribution < -0.4 is 4.90 Å². The van der Waals surface area contributed by atoms with Gasteiger partial charge in [0.2, 0.25) is 0 Å². The summed E-state index contributed by atoms with van der Waals surface area (Å²) >= 11 is 1.79. The summed E-state index contributed by atoms with van der Waals surface area (Å²) in [5.41, 5.74) is 2.41. The molecule has 0 unspecified atom stereocenters. The molecular weight excluding hydrogens is 463 g/mol. The molecule has 0 amide bonds. The van der Waals surface area contributed by atoms with Gasteiger partial charge in [-0.05, 0) is 36.9 Å². The monoisotopic (exact) mass is 490 g/mol. The third kappa shape index (κ3) is 3.87. The summed E-state index contributed by atoms with van der Waals surface area (Å²) in [6.45, 7) is 7.10. The lowest BCUT2D eigenvalue weighted by Gasteiger charge is -2.38. The Kier molecular flexibility index (Phi) is 5.22. The van der Waals surface area contributed by atoms with Gasteiger partial charge in [0.1, 0.15) is 5.82 Å². The molecule has 3 aliphatic rings. The van der Waals surface area contributed by atoms with Crippen LogP contribution in [0.5, 0.6) is 0 Å². The second-order valence-electron chi connectivity index (χ2n) is 9.54. The van der Waals surface area contributed by atoms with E-state index < -0.39 is 0 Å². The van der Waals surface area contributed by atoms with Crippen LogP contribution in [0.3, 0.4) is 0 Å². The minimum Gasteiger partial charge on any atom is -0.378 e. The van der Waals surface area contributed by atoms with Crippen LogP contribution in [-0.4, -0.2) is 76.7 Å². The van der Waals surface area contributed by atoms with Crippen molar-refractivity contribution in [1.82, 2.24) is 24.8 Å². The van der Waals surface area contributed by atoms with E-state index in [1.165, 1.54) is 10.9 Å². The number of anilines is 1. The molecule has 3 aromatic heterocycles. The zero-order chi connectivity index (χ0) is 23.4. The number of fused-ring (bicyclic) bond motifs is 3. The number of hydrogen-bond donors (Lipinski definition) is 1. The van der Waals surface area contributed by atoms with Gasteiger partial charge in [0, 0.05) is 72.9 Å². The van der Waals surface area contributed by atoms with Crippen LogP contribution in [0.1, 0.15) is 11.3 Å². The molecule has 7 rings (SSSR count). The summed E-state index contributed by atoms with van der Waals surface area (Å²) in [5, 5.41) is 0.928. The van der Waals surface area contributed by atoms with E-state index in [4.69, 9.17) is 14.7 Å². The van der Waals surface area contributed by atoms with Crippen molar-refractivity contribution in [3.8, 4) is 11.4 Å². The number of morpholine rings is 1. The van der Waals surface area contributed by atoms with Crippen LogP contribution in [0, 0.1) is 5.82 Å². The van der Waals surface area contributed by atoms with Gasteiger partial charge in [0.25, 0.3) is 0 Å². The molecule has 35 heavy (non-hydrogen) atoms. The smallest absolute Gasteiger partial charge is 0.163 e. The molecule has 0 aliphatic carbocycles. The van der Waals surface area contributed by atoms with Crippen molar-refractivity contribution in [2.75, 3.05) is 50.8 Å². The van der Waals surface area contributed by atoms with Crippen molar-refractivity contribution < 1.29 is 9.13 Å². The topological polar surface area (TPSA) is 60.5 Å². The van der Waals surface area contributed by atoms with Gasteiger partial charge in [0.15, 0.2) is 11.6 Å². The van der Waals surface area contributed by atoms with Crippen molar-refractivity contribution >= 4 is 38.3 Å². The van der Waals surface area contributed by atoms with Crippen LogP contribution in [0.2, 0.25) is 0 Å². The van der Waals surface area contributed by atoms with E-state index in [1.807, 2.05) is 12.3 Å². The molecule has 1 N–H and O–H groups in total. The average Bonchev–Trinajstić information content (AvgIpc) is 3.62. The quantitative estimate of drug-likeness (QED) is 0.462. The first-order valence-electron chi connectivity index (χ1n) is 12.3. The number of ether oxygens (including phenoxy) is 1. The van der Waals surface area contributed by atoms with E-state index in [-0.39, 0.29) is 5.82 Å². The molecule has 0 spiro atoms. The van der Waals surface area contributed by atoms with Gasteiger partial charge in [0.05, 0.1) is 23.4 Å². The van der Waals surface area contributed by atoms with Gasteiger partial charge in [-0.15, -0.1) is 11.3 Å². The molecule has 2 saturated heterocycles. The summed E-state index contributed by atoms with van der Waals surface area (Å²) in [4.78, 5) is 21.7. The van der Waals surface area contributed by atoms with Crippen molar-refractivity contribution in [1.29, 1.82) is 0 Å². The highest BCUT2D eigenvalue weighted by molar-refractivity contribution is 7.19. The third-order valence-corrected chi connectivity index (χ3v) is 8.39. The summed E-state index contributed by atoms with van der Waals surface area (Å²) in [5.74, 6) is 1.21. The molecule has 9 heteroatoms. The van der Waals surface area contributed by atoms with E-state index in [0.717, 1.165) is 78.2 Å². The van der Waals surface area contributed by atoms with Crippen molar-refractivity contribution in [2.24, 2.45) is 0 Å². The molecule has 0 radical (unpaired) electrons. The summed E-state index contributed by atoms with van der Waals surface area (Å²) < 4.78 is 21.2. The molecule has 1 aromatic carbocycles. The van der Waals surface area contributed by atoms with Crippen molar-refractivity contribution in [3.63, 3.8) is 0 Å². The second kappa shape index (κ2) is 8.58. The highest BCUT2D eigenvalue weighted by Crippen LogP contribution is 2.37. The molecule has 6 heterocycles. The molecule has 0 saturated carbocycles. The summed E-state index contributed by atoms with van der Waals surface area (Å²) in [6, 6.07) is 7.83. The maximum absolute atomic E-state index is 14.5. The fraction of sp³-hybridized carbons (Fsp3) is 0.385. The van der Waals surface area contributed by atoms with Crippen molar-refractivity contribution in [3.05, 3.63) is 53.4 Å². The SMILES string of the molecule is Fc1cc(-c2nc(N3CCOCC3)c3sc(CN4CCN5C=CC[C@H]5C4)cc3n2)c2cc[nH]c2c1. The van der Waals surface area contributed by atoms with Crippen LogP contribution >= 0.6 is 11.3 Å². The van der Waals surface area contributed by atoms with E-state index >= 15 is 0 Å². The fourth-order valence-corrected chi connectivity index (χ4v) is 6.68. The Labute approximate surface area is 206 Å². The molecule has 4 aromatic rings. The summed E-state index contributed by atoms with van der Waals surface area (Å²) in [7, 11) is 0. The number of H-pyrrole nitrogens is 1. The number of hydrogen-bond acceptors (Lipinski definition) is 7. The molecule has 1 atom stereocenters. The Morgan fingerprint density at radius 3 is 2.94 bits per heavy atom. The molecule has 180 valence electrons. The fourth-order valence-electron chi connectivity index (χ4n) is 5.53. The minimum absolute atomic E-state index is 0.293. The zero-order valence-electron chi connectivity index (χ0n) is 19.4. The first-order valence-corrected chi connectivity index (χ1v) is 13.1. The van der Waals surface area contributed by atoms with Gasteiger partial charge in [-0.1, -0.05) is 6.08 Å². The van der Waals surface area contributed by atoms with E-state index in [9.17, 15) is 4.39 Å². The average molecular weight is 491 g/mol. The van der Waals surface area contributed by atoms with Crippen LogP contribution in [0.4, 0.5) is 10.2 Å². The molecule has 3 aliphatic heterocycles. The third-order valence-electron chi connectivity index (χ3n) is 7.29. The molecular formula is C26H27FN6OS. The molecule has 0 bridgehead atoms. The lowest BCUT2D eigenvalue weighted by atomic mass is 10.1. The van der Waals surface area contributed by atoms with Crippen LogP contribution in [-0.2, 0) is 11.3 Å². The highest BCUT2D eigenvalue weighted by Gasteiger charge is 2.28. The predicted octanol–water partition coefficient (Wildman–Crippen LogP) is 4.22. The lowest BCUT2D eigenvalue weighted by Crippen LogP contribution is -2.48. The Morgan fingerprint density at radius 1 is 1.11 bits per heavy atom. The van der Waals surface area contributed by atoms with Gasteiger partial charge in [-0.2, -0.15) is 0 Å². The number of rotatable bonds is 4. The standard InChI is InChI=1S/C26H27FN6OS/c27-17-12-21(20-3-4-28-22(20)13-17)25-29-23-14-19(16-31-6-7-32-5-1-2-18(32)15-31)35-24(23)26(30-25)33-8-10-34-11-9-33/h1,3-5,12-14,18,28H,2,6-11,15-16H2/t18-/m0/s1. The first kappa shape index (κ1) is 21.3. The number of nitrogens with zero attached hydrogens (tertiary/aromatic N) is 5. The van der Waals surface area contributed by atoms with Crippen LogP contribution in [0.15, 0.2) is 42.7 Å². The minimum atomic E-state index is -0.293. The number of piperazine rings is 1. The maximum Gasteiger partial charge on any atom is 0.163 e. The number of benzene rings is 1. The largest absolute Gasteiger partial charge is 0.378 e. The number of aromatic amines is 1. The Bertz CT molecular complexity index is 1420. The van der Waals surface area contributed by atoms with Gasteiger partial charge in [-0.3, -0.25) is 4.90 Å². The maximum atomic E-state index is 14.5. The number of nitrogens with one attached hydrogen (secondary N) is 1. The Balaban J connectivity index is 1.29. The van der Waals surface area contributed by atoms with Gasteiger partial charge < -0.3 is 19.5 Å². The van der Waals surface area contributed by atoms with E-state index in [1.54, 1.807) is 17.4 Å². The summed E-state index contributed by atoms with van der Waals surface area (Å²) in [6.07, 6.45) is 7.51.